The summed E-state index contributed by atoms with van der Waals surface area (Å²) in [7, 11) is 0. The minimum Gasteiger partial charge on any atom is -0.294 e. The molecule has 0 fully saturated rings. The van der Waals surface area contributed by atoms with Gasteiger partial charge in [0, 0.05) is 22.9 Å². The van der Waals surface area contributed by atoms with Crippen molar-refractivity contribution in [3.63, 3.8) is 0 Å². The number of terminal acetylenes is 1. The van der Waals surface area contributed by atoms with Crippen molar-refractivity contribution in [1.82, 2.24) is 0 Å². The zero-order valence-electron chi connectivity index (χ0n) is 8.01. The maximum atomic E-state index is 11.7. The molecule has 0 aliphatic rings. The van der Waals surface area contributed by atoms with Crippen molar-refractivity contribution in [1.29, 1.82) is 0 Å². The third-order valence-electron chi connectivity index (χ3n) is 2.00. The van der Waals surface area contributed by atoms with Crippen LogP contribution < -0.4 is 0 Å². The van der Waals surface area contributed by atoms with Gasteiger partial charge in [0.1, 0.15) is 0 Å². The van der Waals surface area contributed by atoms with Gasteiger partial charge in [-0.3, -0.25) is 4.79 Å². The number of hydrogen-bond acceptors (Lipinski definition) is 1. The molecule has 1 rings (SSSR count). The van der Waals surface area contributed by atoms with Crippen LogP contribution in [-0.4, -0.2) is 5.78 Å². The van der Waals surface area contributed by atoms with Crippen molar-refractivity contribution < 1.29 is 4.79 Å². The lowest BCUT2D eigenvalue weighted by atomic mass is 10.0. The summed E-state index contributed by atoms with van der Waals surface area (Å²) in [6, 6.07) is 5.69. The Bertz CT molecular complexity index is 388. The summed E-state index contributed by atoms with van der Waals surface area (Å²) in [6.07, 6.45) is 6.04. The molecule has 1 aromatic rings. The molecule has 1 nitrogen and oxygen atoms in total. The van der Waals surface area contributed by atoms with Gasteiger partial charge in [0.05, 0.1) is 0 Å². The third-order valence-corrected chi connectivity index (χ3v) is 2.49. The number of ketones is 1. The van der Waals surface area contributed by atoms with E-state index in [-0.39, 0.29) is 5.78 Å². The molecule has 0 aromatic heterocycles. The smallest absolute Gasteiger partial charge is 0.164 e. The van der Waals surface area contributed by atoms with Gasteiger partial charge >= 0.3 is 0 Å². The Hall–Kier alpha value is -1.07. The first-order chi connectivity index (χ1) is 6.65. The molecule has 0 unspecified atom stereocenters. The quantitative estimate of drug-likeness (QED) is 0.594. The monoisotopic (exact) mass is 250 g/mol. The normalized spacial score (nSPS) is 9.50. The Morgan fingerprint density at radius 1 is 1.57 bits per heavy atom. The molecule has 0 atom stereocenters. The van der Waals surface area contributed by atoms with Crippen LogP contribution in [0.15, 0.2) is 22.7 Å². The molecule has 0 aliphatic heterocycles. The first-order valence-electron chi connectivity index (χ1n) is 4.38. The van der Waals surface area contributed by atoms with Gasteiger partial charge in [-0.05, 0) is 24.6 Å². The van der Waals surface area contributed by atoms with Crippen LogP contribution in [0.2, 0.25) is 0 Å². The number of aryl methyl sites for hydroxylation is 1. The maximum Gasteiger partial charge on any atom is 0.164 e. The van der Waals surface area contributed by atoms with Crippen LogP contribution in [0.3, 0.4) is 0 Å². The molecule has 0 N–H and O–H groups in total. The van der Waals surface area contributed by atoms with Gasteiger partial charge in [0.25, 0.3) is 0 Å². The lowest BCUT2D eigenvalue weighted by molar-refractivity contribution is 0.0983. The molecular weight excluding hydrogens is 240 g/mol. The number of carbonyl (C=O) groups excluding carboxylic acids is 1. The van der Waals surface area contributed by atoms with Crippen LogP contribution in [0, 0.1) is 19.3 Å². The van der Waals surface area contributed by atoms with E-state index in [2.05, 4.69) is 21.9 Å². The van der Waals surface area contributed by atoms with Crippen molar-refractivity contribution in [2.75, 3.05) is 0 Å². The third kappa shape index (κ3) is 2.71. The summed E-state index contributed by atoms with van der Waals surface area (Å²) >= 11 is 3.34. The summed E-state index contributed by atoms with van der Waals surface area (Å²) in [5.41, 5.74) is 1.75. The number of carbonyl (C=O) groups is 1. The van der Waals surface area contributed by atoms with Crippen LogP contribution in [0.1, 0.15) is 28.8 Å². The zero-order valence-corrected chi connectivity index (χ0v) is 9.60. The Labute approximate surface area is 92.6 Å². The fourth-order valence-corrected chi connectivity index (χ4v) is 1.58. The highest BCUT2D eigenvalue weighted by molar-refractivity contribution is 9.10. The van der Waals surface area contributed by atoms with Gasteiger partial charge in [-0.1, -0.05) is 22.0 Å². The average molecular weight is 251 g/mol. The van der Waals surface area contributed by atoms with Crippen molar-refractivity contribution in [2.24, 2.45) is 0 Å². The van der Waals surface area contributed by atoms with Crippen molar-refractivity contribution >= 4 is 21.7 Å². The van der Waals surface area contributed by atoms with Gasteiger partial charge in [-0.15, -0.1) is 12.3 Å². The number of benzene rings is 1. The van der Waals surface area contributed by atoms with Crippen LogP contribution in [0.5, 0.6) is 0 Å². The van der Waals surface area contributed by atoms with Gasteiger partial charge in [0.2, 0.25) is 0 Å². The highest BCUT2D eigenvalue weighted by Crippen LogP contribution is 2.17. The summed E-state index contributed by atoms with van der Waals surface area (Å²) in [5.74, 6) is 2.58. The number of rotatable bonds is 3. The molecule has 0 amide bonds. The fraction of sp³-hybridized carbons (Fsp3) is 0.250. The molecular formula is C12H11BrO. The van der Waals surface area contributed by atoms with Crippen LogP contribution in [0.25, 0.3) is 0 Å². The summed E-state index contributed by atoms with van der Waals surface area (Å²) in [6.45, 7) is 1.93. The van der Waals surface area contributed by atoms with E-state index in [4.69, 9.17) is 6.42 Å². The maximum absolute atomic E-state index is 11.7. The fourth-order valence-electron chi connectivity index (χ4n) is 1.22. The average Bonchev–Trinajstić information content (AvgIpc) is 2.18. The van der Waals surface area contributed by atoms with Gasteiger partial charge in [0.15, 0.2) is 5.78 Å². The van der Waals surface area contributed by atoms with Gasteiger partial charge < -0.3 is 0 Å². The summed E-state index contributed by atoms with van der Waals surface area (Å²) in [4.78, 5) is 11.7. The molecule has 0 radical (unpaired) electrons. The lowest BCUT2D eigenvalue weighted by Gasteiger charge is -2.03. The molecule has 0 heterocycles. The lowest BCUT2D eigenvalue weighted by Crippen LogP contribution is -2.01. The predicted octanol–water partition coefficient (Wildman–Crippen LogP) is 3.35. The number of Topliss-reactive ketones (excluding diaryl/α,β-unsaturated/α-hetero) is 1. The molecule has 14 heavy (non-hydrogen) atoms. The first-order valence-corrected chi connectivity index (χ1v) is 5.17. The number of hydrogen-bond donors (Lipinski definition) is 0. The van der Waals surface area contributed by atoms with Crippen molar-refractivity contribution in [3.8, 4) is 12.3 Å². The van der Waals surface area contributed by atoms with E-state index >= 15 is 0 Å². The predicted molar refractivity (Wildman–Crippen MR) is 61.3 cm³/mol. The van der Waals surface area contributed by atoms with E-state index in [1.807, 2.05) is 25.1 Å². The van der Waals surface area contributed by atoms with E-state index in [9.17, 15) is 4.79 Å². The SMILES string of the molecule is C#CCCC(=O)c1cc(Br)ccc1C. The van der Waals surface area contributed by atoms with Crippen molar-refractivity contribution in [3.05, 3.63) is 33.8 Å². The van der Waals surface area contributed by atoms with E-state index in [0.29, 0.717) is 12.8 Å². The molecule has 1 aromatic carbocycles. The highest BCUT2D eigenvalue weighted by atomic mass is 79.9. The second-order valence-corrected chi connectivity index (χ2v) is 4.00. The highest BCUT2D eigenvalue weighted by Gasteiger charge is 2.08. The number of halogens is 1. The Kier molecular flexibility index (Phi) is 3.91. The molecule has 0 saturated carbocycles. The molecule has 72 valence electrons. The topological polar surface area (TPSA) is 17.1 Å². The van der Waals surface area contributed by atoms with Gasteiger partial charge in [-0.2, -0.15) is 0 Å². The van der Waals surface area contributed by atoms with E-state index in [1.54, 1.807) is 0 Å². The minimum atomic E-state index is 0.113. The summed E-state index contributed by atoms with van der Waals surface area (Å²) in [5, 5.41) is 0. The van der Waals surface area contributed by atoms with E-state index < -0.39 is 0 Å². The molecule has 2 heteroatoms. The first kappa shape index (κ1) is 11.0. The Balaban J connectivity index is 2.90. The second kappa shape index (κ2) is 4.97. The molecule has 0 aliphatic carbocycles. The van der Waals surface area contributed by atoms with Gasteiger partial charge in [-0.25, -0.2) is 0 Å². The summed E-state index contributed by atoms with van der Waals surface area (Å²) < 4.78 is 0.923. The second-order valence-electron chi connectivity index (χ2n) is 3.09. The standard InChI is InChI=1S/C12H11BrO/c1-3-4-5-12(14)11-8-10(13)7-6-9(11)2/h1,6-8H,4-5H2,2H3. The molecule has 0 spiro atoms. The Morgan fingerprint density at radius 3 is 2.93 bits per heavy atom. The Morgan fingerprint density at radius 2 is 2.29 bits per heavy atom. The minimum absolute atomic E-state index is 0.113. The molecule has 0 saturated heterocycles. The van der Waals surface area contributed by atoms with E-state index in [0.717, 1.165) is 15.6 Å². The van der Waals surface area contributed by atoms with Crippen LogP contribution in [0.4, 0.5) is 0 Å². The molecule has 0 bridgehead atoms. The van der Waals surface area contributed by atoms with Crippen LogP contribution >= 0.6 is 15.9 Å². The zero-order chi connectivity index (χ0) is 10.6. The van der Waals surface area contributed by atoms with Crippen LogP contribution in [-0.2, 0) is 0 Å². The van der Waals surface area contributed by atoms with E-state index in [1.165, 1.54) is 0 Å². The van der Waals surface area contributed by atoms with Crippen molar-refractivity contribution in [2.45, 2.75) is 19.8 Å². The largest absolute Gasteiger partial charge is 0.294 e.